The van der Waals surface area contributed by atoms with Crippen LogP contribution in [0, 0.1) is 17.2 Å². The fourth-order valence-corrected chi connectivity index (χ4v) is 3.49. The molecule has 3 aromatic rings. The summed E-state index contributed by atoms with van der Waals surface area (Å²) in [6, 6.07) is 15.5. The van der Waals surface area contributed by atoms with E-state index in [1.54, 1.807) is 4.90 Å². The molecule has 3 heterocycles. The maximum absolute atomic E-state index is 13.0. The Hall–Kier alpha value is -2.84. The number of rotatable bonds is 2. The molecule has 0 saturated carbocycles. The SMILES string of the molecule is N#CC1CCN(C(=O)c2nc(-c3ccc(Cl)cc3)c3ccccn23)CC1. The van der Waals surface area contributed by atoms with Gasteiger partial charge in [-0.25, -0.2) is 4.98 Å². The molecule has 2 aromatic heterocycles. The average Bonchev–Trinajstić information content (AvgIpc) is 3.08. The second-order valence-electron chi connectivity index (χ2n) is 6.44. The Bertz CT molecular complexity index is 995. The molecule has 0 bridgehead atoms. The number of carbonyl (C=O) groups excluding carboxylic acids is 1. The van der Waals surface area contributed by atoms with Gasteiger partial charge >= 0.3 is 0 Å². The van der Waals surface area contributed by atoms with Gasteiger partial charge in [0.15, 0.2) is 0 Å². The van der Waals surface area contributed by atoms with Crippen LogP contribution in [0.4, 0.5) is 0 Å². The first-order chi connectivity index (χ1) is 12.7. The van der Waals surface area contributed by atoms with Gasteiger partial charge in [-0.3, -0.25) is 9.20 Å². The van der Waals surface area contributed by atoms with Crippen molar-refractivity contribution in [3.63, 3.8) is 0 Å². The third kappa shape index (κ3) is 2.93. The predicted molar refractivity (Wildman–Crippen MR) is 99.9 cm³/mol. The quantitative estimate of drug-likeness (QED) is 0.689. The van der Waals surface area contributed by atoms with Crippen molar-refractivity contribution in [2.24, 2.45) is 5.92 Å². The van der Waals surface area contributed by atoms with Gasteiger partial charge in [0.05, 0.1) is 17.3 Å². The van der Waals surface area contributed by atoms with Crippen LogP contribution in [-0.4, -0.2) is 33.3 Å². The number of pyridine rings is 1. The number of likely N-dealkylation sites (tertiary alicyclic amines) is 1. The largest absolute Gasteiger partial charge is 0.336 e. The summed E-state index contributed by atoms with van der Waals surface area (Å²) in [6.45, 7) is 1.18. The highest BCUT2D eigenvalue weighted by Crippen LogP contribution is 2.27. The number of fused-ring (bicyclic) bond motifs is 1. The lowest BCUT2D eigenvalue weighted by atomic mass is 9.98. The van der Waals surface area contributed by atoms with Gasteiger partial charge in [-0.15, -0.1) is 0 Å². The molecule has 1 saturated heterocycles. The van der Waals surface area contributed by atoms with E-state index in [9.17, 15) is 4.79 Å². The number of amides is 1. The zero-order valence-corrected chi connectivity index (χ0v) is 14.9. The number of aromatic nitrogens is 2. The van der Waals surface area contributed by atoms with E-state index < -0.39 is 0 Å². The zero-order chi connectivity index (χ0) is 18.1. The van der Waals surface area contributed by atoms with Crippen LogP contribution in [0.3, 0.4) is 0 Å². The van der Waals surface area contributed by atoms with Crippen molar-refractivity contribution in [2.45, 2.75) is 12.8 Å². The van der Waals surface area contributed by atoms with Crippen molar-refractivity contribution in [3.05, 3.63) is 59.5 Å². The monoisotopic (exact) mass is 364 g/mol. The predicted octanol–water partition coefficient (Wildman–Crippen LogP) is 4.03. The van der Waals surface area contributed by atoms with Crippen LogP contribution in [0.5, 0.6) is 0 Å². The van der Waals surface area contributed by atoms with E-state index in [-0.39, 0.29) is 11.8 Å². The Morgan fingerprint density at radius 1 is 1.15 bits per heavy atom. The van der Waals surface area contributed by atoms with E-state index in [0.717, 1.165) is 29.6 Å². The summed E-state index contributed by atoms with van der Waals surface area (Å²) in [6.07, 6.45) is 3.29. The molecule has 0 spiro atoms. The summed E-state index contributed by atoms with van der Waals surface area (Å²) in [5.41, 5.74) is 2.56. The van der Waals surface area contributed by atoms with Gasteiger partial charge in [-0.1, -0.05) is 29.8 Å². The van der Waals surface area contributed by atoms with E-state index >= 15 is 0 Å². The number of nitriles is 1. The number of carbonyl (C=O) groups is 1. The topological polar surface area (TPSA) is 61.4 Å². The summed E-state index contributed by atoms with van der Waals surface area (Å²) in [5, 5.41) is 9.70. The van der Waals surface area contributed by atoms with Gasteiger partial charge in [-0.2, -0.15) is 5.26 Å². The molecule has 0 aliphatic carbocycles. The number of hydrogen-bond donors (Lipinski definition) is 0. The molecule has 0 unspecified atom stereocenters. The highest BCUT2D eigenvalue weighted by molar-refractivity contribution is 6.30. The highest BCUT2D eigenvalue weighted by atomic mass is 35.5. The smallest absolute Gasteiger partial charge is 0.290 e. The summed E-state index contributed by atoms with van der Waals surface area (Å²) >= 11 is 5.99. The molecular formula is C20H17ClN4O. The Morgan fingerprint density at radius 3 is 2.58 bits per heavy atom. The van der Waals surface area contributed by atoms with Crippen molar-refractivity contribution < 1.29 is 4.79 Å². The fraction of sp³-hybridized carbons (Fsp3) is 0.250. The molecule has 4 rings (SSSR count). The van der Waals surface area contributed by atoms with Gasteiger partial charge in [0.2, 0.25) is 5.82 Å². The number of imidazole rings is 1. The number of halogens is 1. The zero-order valence-electron chi connectivity index (χ0n) is 14.1. The molecule has 0 N–H and O–H groups in total. The average molecular weight is 365 g/mol. The second kappa shape index (κ2) is 6.81. The van der Waals surface area contributed by atoms with Gasteiger partial charge in [0, 0.05) is 35.8 Å². The highest BCUT2D eigenvalue weighted by Gasteiger charge is 2.27. The van der Waals surface area contributed by atoms with Gasteiger partial charge in [0.1, 0.15) is 0 Å². The standard InChI is InChI=1S/C20H17ClN4O/c21-16-6-4-15(5-7-16)18-17-3-1-2-10-25(17)19(23-18)20(26)24-11-8-14(13-22)9-12-24/h1-7,10,14H,8-9,11-12H2. The van der Waals surface area contributed by atoms with Crippen LogP contribution in [0.1, 0.15) is 23.5 Å². The molecule has 26 heavy (non-hydrogen) atoms. The first-order valence-electron chi connectivity index (χ1n) is 8.59. The summed E-state index contributed by atoms with van der Waals surface area (Å²) in [5.74, 6) is 0.351. The van der Waals surface area contributed by atoms with Gasteiger partial charge in [0.25, 0.3) is 5.91 Å². The first-order valence-corrected chi connectivity index (χ1v) is 8.97. The lowest BCUT2D eigenvalue weighted by Crippen LogP contribution is -2.39. The van der Waals surface area contributed by atoms with Crippen molar-refractivity contribution in [2.75, 3.05) is 13.1 Å². The number of hydrogen-bond acceptors (Lipinski definition) is 3. The molecule has 6 heteroatoms. The molecule has 1 amide bonds. The number of benzene rings is 1. The third-order valence-corrected chi connectivity index (χ3v) is 5.07. The van der Waals surface area contributed by atoms with Crippen LogP contribution in [0.25, 0.3) is 16.8 Å². The van der Waals surface area contributed by atoms with Gasteiger partial charge < -0.3 is 4.90 Å². The fourth-order valence-electron chi connectivity index (χ4n) is 3.36. The van der Waals surface area contributed by atoms with E-state index in [1.165, 1.54) is 0 Å². The first kappa shape index (κ1) is 16.6. The maximum atomic E-state index is 13.0. The van der Waals surface area contributed by atoms with E-state index in [4.69, 9.17) is 16.9 Å². The Kier molecular flexibility index (Phi) is 4.36. The molecule has 1 aliphatic heterocycles. The molecule has 1 aromatic carbocycles. The van der Waals surface area contributed by atoms with Crippen LogP contribution in [0.2, 0.25) is 5.02 Å². The summed E-state index contributed by atoms with van der Waals surface area (Å²) < 4.78 is 1.84. The molecule has 0 atom stereocenters. The normalized spacial score (nSPS) is 15.2. The Morgan fingerprint density at radius 2 is 1.88 bits per heavy atom. The Balaban J connectivity index is 1.73. The molecule has 130 valence electrons. The summed E-state index contributed by atoms with van der Waals surface area (Å²) in [4.78, 5) is 19.5. The minimum atomic E-state index is -0.0946. The Labute approximate surface area is 156 Å². The number of piperidine rings is 1. The maximum Gasteiger partial charge on any atom is 0.290 e. The lowest BCUT2D eigenvalue weighted by Gasteiger charge is -2.28. The van der Waals surface area contributed by atoms with Crippen molar-refractivity contribution in [1.29, 1.82) is 5.26 Å². The molecular weight excluding hydrogens is 348 g/mol. The van der Waals surface area contributed by atoms with E-state index in [2.05, 4.69) is 11.1 Å². The minimum Gasteiger partial charge on any atom is -0.336 e. The van der Waals surface area contributed by atoms with Crippen LogP contribution in [-0.2, 0) is 0 Å². The number of nitrogens with zero attached hydrogens (tertiary/aromatic N) is 4. The minimum absolute atomic E-state index is 0.0423. The van der Waals surface area contributed by atoms with Crippen LogP contribution >= 0.6 is 11.6 Å². The van der Waals surface area contributed by atoms with Crippen LogP contribution < -0.4 is 0 Å². The summed E-state index contributed by atoms with van der Waals surface area (Å²) in [7, 11) is 0. The van der Waals surface area contributed by atoms with E-state index in [1.807, 2.05) is 53.1 Å². The van der Waals surface area contributed by atoms with Crippen LogP contribution in [0.15, 0.2) is 48.7 Å². The molecule has 5 nitrogen and oxygen atoms in total. The second-order valence-corrected chi connectivity index (χ2v) is 6.88. The lowest BCUT2D eigenvalue weighted by molar-refractivity contribution is 0.0694. The van der Waals surface area contributed by atoms with E-state index in [0.29, 0.717) is 23.9 Å². The van der Waals surface area contributed by atoms with Crippen molar-refractivity contribution in [3.8, 4) is 17.3 Å². The molecule has 0 radical (unpaired) electrons. The van der Waals surface area contributed by atoms with Crippen molar-refractivity contribution in [1.82, 2.24) is 14.3 Å². The van der Waals surface area contributed by atoms with Crippen molar-refractivity contribution >= 4 is 23.0 Å². The third-order valence-electron chi connectivity index (χ3n) is 4.82. The molecule has 1 aliphatic rings. The molecule has 1 fully saturated rings. The van der Waals surface area contributed by atoms with Gasteiger partial charge in [-0.05, 0) is 37.1 Å².